The number of halogens is 1. The number of carbonyl (C=O) groups excluding carboxylic acids is 1. The predicted molar refractivity (Wildman–Crippen MR) is 112 cm³/mol. The first-order valence-electron chi connectivity index (χ1n) is 8.56. The summed E-state index contributed by atoms with van der Waals surface area (Å²) in [6.07, 6.45) is 0. The zero-order chi connectivity index (χ0) is 19.4. The Morgan fingerprint density at radius 1 is 1.26 bits per heavy atom. The van der Waals surface area contributed by atoms with Gasteiger partial charge in [0.2, 0.25) is 0 Å². The van der Waals surface area contributed by atoms with Crippen molar-refractivity contribution in [1.82, 2.24) is 10.6 Å². The standard InChI is InChI=1S/C20H20ClN3O2S/c1-3-26-16-9-7-13(8-10-16)18-17(12(2)22-20(27)24-18)19(25)23-15-6-4-5-14(21)11-15/h4-11,18H,3H2,1-2H3,(H,23,25)(H2,22,24,27). The first kappa shape index (κ1) is 19.2. The molecular formula is C20H20ClN3O2S. The summed E-state index contributed by atoms with van der Waals surface area (Å²) in [5.41, 5.74) is 2.81. The number of nitrogens with one attached hydrogen (secondary N) is 3. The maximum Gasteiger partial charge on any atom is 0.255 e. The van der Waals surface area contributed by atoms with Crippen molar-refractivity contribution in [1.29, 1.82) is 0 Å². The highest BCUT2D eigenvalue weighted by molar-refractivity contribution is 7.80. The molecule has 0 radical (unpaired) electrons. The summed E-state index contributed by atoms with van der Waals surface area (Å²) in [6, 6.07) is 14.3. The Balaban J connectivity index is 1.90. The van der Waals surface area contributed by atoms with Gasteiger partial charge in [-0.3, -0.25) is 4.79 Å². The molecule has 1 heterocycles. The lowest BCUT2D eigenvalue weighted by Gasteiger charge is -2.30. The van der Waals surface area contributed by atoms with Crippen LogP contribution < -0.4 is 20.7 Å². The molecule has 0 aromatic heterocycles. The molecule has 0 fully saturated rings. The SMILES string of the molecule is CCOc1ccc(C2NC(=S)NC(C)=C2C(=O)Nc2cccc(Cl)c2)cc1. The zero-order valence-electron chi connectivity index (χ0n) is 15.0. The van der Waals surface area contributed by atoms with E-state index in [0.717, 1.165) is 11.3 Å². The molecule has 1 atom stereocenters. The number of carbonyl (C=O) groups is 1. The quantitative estimate of drug-likeness (QED) is 0.656. The van der Waals surface area contributed by atoms with Gasteiger partial charge in [-0.05, 0) is 62.0 Å². The van der Waals surface area contributed by atoms with Crippen LogP contribution in [0.25, 0.3) is 0 Å². The molecule has 1 amide bonds. The minimum absolute atomic E-state index is 0.226. The van der Waals surface area contributed by atoms with E-state index >= 15 is 0 Å². The van der Waals surface area contributed by atoms with Crippen molar-refractivity contribution in [2.75, 3.05) is 11.9 Å². The largest absolute Gasteiger partial charge is 0.494 e. The molecule has 0 saturated heterocycles. The Morgan fingerprint density at radius 3 is 2.67 bits per heavy atom. The Kier molecular flexibility index (Phi) is 5.98. The fraction of sp³-hybridized carbons (Fsp3) is 0.200. The van der Waals surface area contributed by atoms with E-state index in [1.165, 1.54) is 0 Å². The highest BCUT2D eigenvalue weighted by atomic mass is 35.5. The van der Waals surface area contributed by atoms with Crippen LogP contribution in [0.5, 0.6) is 5.75 Å². The van der Waals surface area contributed by atoms with Crippen LogP contribution in [0.4, 0.5) is 5.69 Å². The first-order chi connectivity index (χ1) is 13.0. The lowest BCUT2D eigenvalue weighted by atomic mass is 9.95. The van der Waals surface area contributed by atoms with Crippen molar-refractivity contribution in [3.8, 4) is 5.75 Å². The fourth-order valence-corrected chi connectivity index (χ4v) is 3.39. The maximum absolute atomic E-state index is 13.0. The van der Waals surface area contributed by atoms with Crippen molar-refractivity contribution in [3.63, 3.8) is 0 Å². The number of ether oxygens (including phenoxy) is 1. The number of allylic oxidation sites excluding steroid dienone is 1. The van der Waals surface area contributed by atoms with E-state index < -0.39 is 0 Å². The molecular weight excluding hydrogens is 382 g/mol. The molecule has 0 aliphatic carbocycles. The number of hydrogen-bond donors (Lipinski definition) is 3. The van der Waals surface area contributed by atoms with E-state index in [0.29, 0.717) is 33.7 Å². The summed E-state index contributed by atoms with van der Waals surface area (Å²) in [5, 5.41) is 10.1. The van der Waals surface area contributed by atoms with Crippen LogP contribution in [-0.4, -0.2) is 17.6 Å². The fourth-order valence-electron chi connectivity index (χ4n) is 2.93. The van der Waals surface area contributed by atoms with Crippen LogP contribution in [0.15, 0.2) is 59.8 Å². The molecule has 5 nitrogen and oxygen atoms in total. The van der Waals surface area contributed by atoms with Crippen molar-refractivity contribution >= 4 is 40.5 Å². The van der Waals surface area contributed by atoms with Gasteiger partial charge in [0.1, 0.15) is 5.75 Å². The van der Waals surface area contributed by atoms with Gasteiger partial charge in [0.25, 0.3) is 5.91 Å². The topological polar surface area (TPSA) is 62.4 Å². The van der Waals surface area contributed by atoms with Gasteiger partial charge in [-0.25, -0.2) is 0 Å². The lowest BCUT2D eigenvalue weighted by molar-refractivity contribution is -0.113. The van der Waals surface area contributed by atoms with E-state index in [4.69, 9.17) is 28.6 Å². The number of benzene rings is 2. The van der Waals surface area contributed by atoms with Crippen LogP contribution >= 0.6 is 23.8 Å². The Hall–Kier alpha value is -2.57. The molecule has 0 bridgehead atoms. The second-order valence-corrected chi connectivity index (χ2v) is 6.88. The molecule has 1 aliphatic heterocycles. The van der Waals surface area contributed by atoms with Gasteiger partial charge in [-0.1, -0.05) is 29.8 Å². The third-order valence-corrected chi connectivity index (χ3v) is 4.58. The van der Waals surface area contributed by atoms with Gasteiger partial charge in [0.05, 0.1) is 18.2 Å². The molecule has 3 rings (SSSR count). The summed E-state index contributed by atoms with van der Waals surface area (Å²) >= 11 is 11.3. The van der Waals surface area contributed by atoms with Crippen molar-refractivity contribution in [2.45, 2.75) is 19.9 Å². The molecule has 7 heteroatoms. The van der Waals surface area contributed by atoms with E-state index in [2.05, 4.69) is 16.0 Å². The van der Waals surface area contributed by atoms with Gasteiger partial charge in [0, 0.05) is 16.4 Å². The number of amides is 1. The van der Waals surface area contributed by atoms with Gasteiger partial charge in [-0.2, -0.15) is 0 Å². The second kappa shape index (κ2) is 8.41. The Bertz CT molecular complexity index is 896. The van der Waals surface area contributed by atoms with E-state index in [-0.39, 0.29) is 11.9 Å². The maximum atomic E-state index is 13.0. The normalized spacial score (nSPS) is 16.4. The lowest BCUT2D eigenvalue weighted by Crippen LogP contribution is -2.45. The van der Waals surface area contributed by atoms with Crippen LogP contribution in [0.2, 0.25) is 5.02 Å². The summed E-state index contributed by atoms with van der Waals surface area (Å²) < 4.78 is 5.49. The Morgan fingerprint density at radius 2 is 2.00 bits per heavy atom. The molecule has 0 saturated carbocycles. The number of hydrogen-bond acceptors (Lipinski definition) is 3. The van der Waals surface area contributed by atoms with E-state index in [1.54, 1.807) is 24.3 Å². The molecule has 0 spiro atoms. The summed E-state index contributed by atoms with van der Waals surface area (Å²) in [7, 11) is 0. The van der Waals surface area contributed by atoms with Gasteiger partial charge < -0.3 is 20.7 Å². The predicted octanol–water partition coefficient (Wildman–Crippen LogP) is 4.17. The minimum atomic E-state index is -0.367. The third-order valence-electron chi connectivity index (χ3n) is 4.12. The molecule has 3 N–H and O–H groups in total. The summed E-state index contributed by atoms with van der Waals surface area (Å²) in [6.45, 7) is 4.37. The number of thiocarbonyl (C=S) groups is 1. The smallest absolute Gasteiger partial charge is 0.255 e. The van der Waals surface area contributed by atoms with E-state index in [9.17, 15) is 4.79 Å². The van der Waals surface area contributed by atoms with Crippen LogP contribution in [0.3, 0.4) is 0 Å². The second-order valence-electron chi connectivity index (χ2n) is 6.04. The third kappa shape index (κ3) is 4.59. The summed E-state index contributed by atoms with van der Waals surface area (Å²) in [4.78, 5) is 13.0. The molecule has 1 unspecified atom stereocenters. The molecule has 2 aromatic carbocycles. The van der Waals surface area contributed by atoms with Crippen LogP contribution in [-0.2, 0) is 4.79 Å². The summed E-state index contributed by atoms with van der Waals surface area (Å²) in [5.74, 6) is 0.555. The first-order valence-corrected chi connectivity index (χ1v) is 9.34. The zero-order valence-corrected chi connectivity index (χ0v) is 16.6. The monoisotopic (exact) mass is 401 g/mol. The van der Waals surface area contributed by atoms with Gasteiger partial charge >= 0.3 is 0 Å². The van der Waals surface area contributed by atoms with Crippen molar-refractivity contribution < 1.29 is 9.53 Å². The minimum Gasteiger partial charge on any atom is -0.494 e. The number of anilines is 1. The average Bonchev–Trinajstić information content (AvgIpc) is 2.62. The van der Waals surface area contributed by atoms with Gasteiger partial charge in [-0.15, -0.1) is 0 Å². The van der Waals surface area contributed by atoms with Crippen molar-refractivity contribution in [3.05, 3.63) is 70.4 Å². The highest BCUT2D eigenvalue weighted by Gasteiger charge is 2.30. The molecule has 2 aromatic rings. The molecule has 27 heavy (non-hydrogen) atoms. The van der Waals surface area contributed by atoms with Crippen LogP contribution in [0.1, 0.15) is 25.5 Å². The number of rotatable bonds is 5. The Labute approximate surface area is 168 Å². The molecule has 1 aliphatic rings. The van der Waals surface area contributed by atoms with Crippen molar-refractivity contribution in [2.24, 2.45) is 0 Å². The highest BCUT2D eigenvalue weighted by Crippen LogP contribution is 2.29. The van der Waals surface area contributed by atoms with E-state index in [1.807, 2.05) is 38.1 Å². The molecule has 140 valence electrons. The average molecular weight is 402 g/mol. The van der Waals surface area contributed by atoms with Gasteiger partial charge in [0.15, 0.2) is 5.11 Å². The van der Waals surface area contributed by atoms with Crippen LogP contribution in [0, 0.1) is 0 Å².